The molecule has 2 fully saturated rings. The summed E-state index contributed by atoms with van der Waals surface area (Å²) in [5, 5.41) is 0. The number of likely N-dealkylation sites (tertiary alicyclic amines) is 1. The van der Waals surface area contributed by atoms with Crippen LogP contribution in [-0.4, -0.2) is 37.2 Å². The zero-order valence-electron chi connectivity index (χ0n) is 13.3. The van der Waals surface area contributed by atoms with E-state index in [1.165, 1.54) is 0 Å². The average molecular weight is 300 g/mol. The van der Waals surface area contributed by atoms with Gasteiger partial charge in [0.15, 0.2) is 0 Å². The molecule has 0 spiro atoms. The molecule has 0 aromatic heterocycles. The summed E-state index contributed by atoms with van der Waals surface area (Å²) in [7, 11) is 2.15. The predicted molar refractivity (Wildman–Crippen MR) is 85.9 cm³/mol. The maximum absolute atomic E-state index is 10.8. The number of hydrogen-bond donors (Lipinski definition) is 0. The standard InChI is InChI=1S/C18H24N2O2/c1-20-12-8-17(9-13-20)22-16-6-4-15(5-7-16)18(19-14-21)10-2-3-11-18/h4-7,17H,2-3,8-13H2,1H3. The van der Waals surface area contributed by atoms with Gasteiger partial charge >= 0.3 is 0 Å². The van der Waals surface area contributed by atoms with Crippen LogP contribution in [0.3, 0.4) is 0 Å². The molecule has 0 bridgehead atoms. The lowest BCUT2D eigenvalue weighted by atomic mass is 9.89. The van der Waals surface area contributed by atoms with Crippen molar-refractivity contribution in [1.29, 1.82) is 0 Å². The van der Waals surface area contributed by atoms with Crippen LogP contribution < -0.4 is 4.74 Å². The quantitative estimate of drug-likeness (QED) is 0.633. The molecule has 3 rings (SSSR count). The lowest BCUT2D eigenvalue weighted by Crippen LogP contribution is -2.35. The van der Waals surface area contributed by atoms with Crippen LogP contribution in [0.1, 0.15) is 44.1 Å². The molecule has 118 valence electrons. The fourth-order valence-electron chi connectivity index (χ4n) is 3.65. The average Bonchev–Trinajstić information content (AvgIpc) is 3.00. The molecule has 22 heavy (non-hydrogen) atoms. The first-order valence-corrected chi connectivity index (χ1v) is 8.27. The number of benzene rings is 1. The van der Waals surface area contributed by atoms with Crippen molar-refractivity contribution in [2.24, 2.45) is 4.99 Å². The Morgan fingerprint density at radius 2 is 1.82 bits per heavy atom. The van der Waals surface area contributed by atoms with E-state index in [9.17, 15) is 4.79 Å². The lowest BCUT2D eigenvalue weighted by molar-refractivity contribution is 0.114. The maximum Gasteiger partial charge on any atom is 0.235 e. The van der Waals surface area contributed by atoms with Gasteiger partial charge in [-0.05, 0) is 50.4 Å². The van der Waals surface area contributed by atoms with Crippen molar-refractivity contribution in [2.75, 3.05) is 20.1 Å². The third-order valence-corrected chi connectivity index (χ3v) is 5.05. The van der Waals surface area contributed by atoms with Gasteiger partial charge in [-0.25, -0.2) is 4.79 Å². The van der Waals surface area contributed by atoms with Crippen molar-refractivity contribution in [3.05, 3.63) is 29.8 Å². The van der Waals surface area contributed by atoms with E-state index in [-0.39, 0.29) is 5.54 Å². The van der Waals surface area contributed by atoms with Gasteiger partial charge < -0.3 is 9.64 Å². The van der Waals surface area contributed by atoms with E-state index in [4.69, 9.17) is 4.74 Å². The number of hydrogen-bond acceptors (Lipinski definition) is 4. The Labute approximate surface area is 132 Å². The molecule has 2 aliphatic rings. The molecule has 0 atom stereocenters. The van der Waals surface area contributed by atoms with Gasteiger partial charge in [-0.2, -0.15) is 4.99 Å². The second-order valence-electron chi connectivity index (χ2n) is 6.59. The SMILES string of the molecule is CN1CCC(Oc2ccc(C3(N=C=O)CCCC3)cc2)CC1. The number of carbonyl (C=O) groups excluding carboxylic acids is 1. The summed E-state index contributed by atoms with van der Waals surface area (Å²) in [5.41, 5.74) is 0.775. The first-order valence-electron chi connectivity index (χ1n) is 8.27. The lowest BCUT2D eigenvalue weighted by Gasteiger charge is -2.29. The monoisotopic (exact) mass is 300 g/mol. The van der Waals surface area contributed by atoms with Gasteiger partial charge in [-0.3, -0.25) is 0 Å². The van der Waals surface area contributed by atoms with E-state index in [0.717, 1.165) is 62.9 Å². The smallest absolute Gasteiger partial charge is 0.235 e. The number of ether oxygens (including phenoxy) is 1. The summed E-state index contributed by atoms with van der Waals surface area (Å²) in [5.74, 6) is 0.918. The van der Waals surface area contributed by atoms with Crippen LogP contribution >= 0.6 is 0 Å². The summed E-state index contributed by atoms with van der Waals surface area (Å²) in [6.07, 6.45) is 8.38. The van der Waals surface area contributed by atoms with Crippen molar-refractivity contribution in [1.82, 2.24) is 4.90 Å². The minimum atomic E-state index is -0.339. The topological polar surface area (TPSA) is 41.9 Å². The largest absolute Gasteiger partial charge is 0.490 e. The highest BCUT2D eigenvalue weighted by Crippen LogP contribution is 2.42. The molecule has 0 N–H and O–H groups in total. The Balaban J connectivity index is 1.68. The first-order chi connectivity index (χ1) is 10.7. The van der Waals surface area contributed by atoms with Crippen molar-refractivity contribution < 1.29 is 9.53 Å². The van der Waals surface area contributed by atoms with Gasteiger partial charge in [0.25, 0.3) is 0 Å². The van der Waals surface area contributed by atoms with E-state index in [1.54, 1.807) is 6.08 Å². The van der Waals surface area contributed by atoms with E-state index in [2.05, 4.69) is 29.1 Å². The van der Waals surface area contributed by atoms with Crippen LogP contribution in [0.4, 0.5) is 0 Å². The molecule has 1 saturated heterocycles. The Kier molecular flexibility index (Phi) is 4.60. The van der Waals surface area contributed by atoms with Gasteiger partial charge in [0.05, 0.1) is 5.54 Å². The molecule has 0 amide bonds. The van der Waals surface area contributed by atoms with Crippen molar-refractivity contribution >= 4 is 6.08 Å². The van der Waals surface area contributed by atoms with Crippen LogP contribution in [0.2, 0.25) is 0 Å². The zero-order valence-corrected chi connectivity index (χ0v) is 13.3. The van der Waals surface area contributed by atoms with Crippen LogP contribution in [0.5, 0.6) is 5.75 Å². The molecule has 1 aromatic rings. The van der Waals surface area contributed by atoms with Gasteiger partial charge in [-0.15, -0.1) is 0 Å². The first kappa shape index (κ1) is 15.3. The fourth-order valence-corrected chi connectivity index (χ4v) is 3.65. The van der Waals surface area contributed by atoms with Crippen LogP contribution in [0, 0.1) is 0 Å². The van der Waals surface area contributed by atoms with Crippen LogP contribution in [0.15, 0.2) is 29.3 Å². The molecule has 1 saturated carbocycles. The third-order valence-electron chi connectivity index (χ3n) is 5.05. The highest BCUT2D eigenvalue weighted by molar-refractivity contribution is 5.40. The van der Waals surface area contributed by atoms with Gasteiger partial charge in [-0.1, -0.05) is 25.0 Å². The number of aliphatic imine (C=N–C) groups is 1. The number of piperidine rings is 1. The minimum Gasteiger partial charge on any atom is -0.490 e. The summed E-state index contributed by atoms with van der Waals surface area (Å²) in [6, 6.07) is 8.18. The van der Waals surface area contributed by atoms with Gasteiger partial charge in [0.1, 0.15) is 11.9 Å². The van der Waals surface area contributed by atoms with Gasteiger partial charge in [0.2, 0.25) is 6.08 Å². The molecule has 0 radical (unpaired) electrons. The minimum absolute atomic E-state index is 0.315. The number of isocyanates is 1. The molecule has 4 nitrogen and oxygen atoms in total. The van der Waals surface area contributed by atoms with Crippen LogP contribution in [-0.2, 0) is 10.3 Å². The van der Waals surface area contributed by atoms with Crippen LogP contribution in [0.25, 0.3) is 0 Å². The number of rotatable bonds is 4. The second-order valence-corrected chi connectivity index (χ2v) is 6.59. The predicted octanol–water partition coefficient (Wildman–Crippen LogP) is 3.26. The molecule has 1 aliphatic carbocycles. The van der Waals surface area contributed by atoms with Gasteiger partial charge in [0, 0.05) is 13.1 Å². The van der Waals surface area contributed by atoms with E-state index < -0.39 is 0 Å². The fraction of sp³-hybridized carbons (Fsp3) is 0.611. The van der Waals surface area contributed by atoms with Crippen molar-refractivity contribution in [3.63, 3.8) is 0 Å². The highest BCUT2D eigenvalue weighted by Gasteiger charge is 2.35. The molecule has 1 aromatic carbocycles. The number of nitrogens with zero attached hydrogens (tertiary/aromatic N) is 2. The van der Waals surface area contributed by atoms with E-state index in [1.807, 2.05) is 12.1 Å². The maximum atomic E-state index is 10.8. The van der Waals surface area contributed by atoms with E-state index >= 15 is 0 Å². The molecule has 4 heteroatoms. The normalized spacial score (nSPS) is 22.2. The Hall–Kier alpha value is -1.64. The summed E-state index contributed by atoms with van der Waals surface area (Å²) < 4.78 is 6.08. The third kappa shape index (κ3) is 3.23. The molecule has 0 unspecified atom stereocenters. The zero-order chi connectivity index (χ0) is 15.4. The van der Waals surface area contributed by atoms with Crippen molar-refractivity contribution in [3.8, 4) is 5.75 Å². The summed E-state index contributed by atoms with van der Waals surface area (Å²) in [4.78, 5) is 17.2. The van der Waals surface area contributed by atoms with Crippen molar-refractivity contribution in [2.45, 2.75) is 50.2 Å². The Bertz CT molecular complexity index is 535. The Morgan fingerprint density at radius 1 is 1.18 bits per heavy atom. The molecular formula is C18H24N2O2. The molecule has 1 aliphatic heterocycles. The highest BCUT2D eigenvalue weighted by atomic mass is 16.5. The Morgan fingerprint density at radius 3 is 2.41 bits per heavy atom. The molecule has 1 heterocycles. The summed E-state index contributed by atoms with van der Waals surface area (Å²) >= 11 is 0. The second kappa shape index (κ2) is 6.64. The summed E-state index contributed by atoms with van der Waals surface area (Å²) in [6.45, 7) is 2.19. The molecular weight excluding hydrogens is 276 g/mol. The van der Waals surface area contributed by atoms with E-state index in [0.29, 0.717) is 6.10 Å².